The summed E-state index contributed by atoms with van der Waals surface area (Å²) in [6, 6.07) is 10.2. The van der Waals surface area contributed by atoms with Crippen molar-refractivity contribution < 1.29 is 4.42 Å². The molecule has 0 spiro atoms. The Morgan fingerprint density at radius 3 is 2.75 bits per heavy atom. The van der Waals surface area contributed by atoms with Crippen molar-refractivity contribution in [3.8, 4) is 0 Å². The van der Waals surface area contributed by atoms with Gasteiger partial charge in [0.2, 0.25) is 0 Å². The molecule has 20 heavy (non-hydrogen) atoms. The minimum absolute atomic E-state index is 0.484. The smallest absolute Gasteiger partial charge is 0.199 e. The summed E-state index contributed by atoms with van der Waals surface area (Å²) in [5.74, 6) is 0. The van der Waals surface area contributed by atoms with E-state index in [1.54, 1.807) is 0 Å². The van der Waals surface area contributed by atoms with Crippen LogP contribution in [0.4, 0.5) is 0 Å². The van der Waals surface area contributed by atoms with Crippen LogP contribution in [-0.2, 0) is 13.1 Å². The lowest BCUT2D eigenvalue weighted by Gasteiger charge is -2.02. The van der Waals surface area contributed by atoms with Crippen LogP contribution in [0.25, 0.3) is 11.0 Å². The molecule has 2 nitrogen and oxygen atoms in total. The number of rotatable bonds is 4. The van der Waals surface area contributed by atoms with Gasteiger partial charge in [0.1, 0.15) is 5.58 Å². The quantitative estimate of drug-likeness (QED) is 0.729. The first-order chi connectivity index (χ1) is 9.65. The fourth-order valence-corrected chi connectivity index (χ4v) is 3.56. The maximum atomic E-state index is 6.17. The molecule has 0 saturated heterocycles. The Balaban J connectivity index is 1.72. The first-order valence-electron chi connectivity index (χ1n) is 6.57. The molecule has 0 amide bonds. The van der Waals surface area contributed by atoms with E-state index in [-0.39, 0.29) is 0 Å². The molecule has 0 fully saturated rings. The molecule has 0 aliphatic carbocycles. The Morgan fingerprint density at radius 2 is 2.00 bits per heavy atom. The van der Waals surface area contributed by atoms with E-state index in [4.69, 9.17) is 16.0 Å². The van der Waals surface area contributed by atoms with Gasteiger partial charge < -0.3 is 9.73 Å². The van der Waals surface area contributed by atoms with Gasteiger partial charge in [-0.05, 0) is 43.1 Å². The van der Waals surface area contributed by atoms with E-state index in [0.29, 0.717) is 11.8 Å². The Labute approximate surface area is 127 Å². The fraction of sp³-hybridized carbons (Fsp3) is 0.250. The molecule has 0 atom stereocenters. The fourth-order valence-electron chi connectivity index (χ4n) is 2.28. The van der Waals surface area contributed by atoms with Crippen molar-refractivity contribution in [3.05, 3.63) is 56.4 Å². The normalized spacial score (nSPS) is 11.3. The molecular weight excluding hydrogens is 290 g/mol. The SMILES string of the molecule is Cc1cc(CNCc2c(Cl)oc3ccccc23)sc1C. The van der Waals surface area contributed by atoms with Gasteiger partial charge in [0.15, 0.2) is 5.22 Å². The van der Waals surface area contributed by atoms with Crippen molar-refractivity contribution >= 4 is 33.9 Å². The number of hydrogen-bond acceptors (Lipinski definition) is 3. The molecule has 0 saturated carbocycles. The van der Waals surface area contributed by atoms with Crippen LogP contribution in [-0.4, -0.2) is 0 Å². The summed E-state index contributed by atoms with van der Waals surface area (Å²) in [7, 11) is 0. The van der Waals surface area contributed by atoms with Crippen molar-refractivity contribution in [1.29, 1.82) is 0 Å². The minimum Gasteiger partial charge on any atom is -0.444 e. The lowest BCUT2D eigenvalue weighted by atomic mass is 10.2. The molecule has 0 aliphatic heterocycles. The number of benzene rings is 1. The summed E-state index contributed by atoms with van der Waals surface area (Å²) in [5, 5.41) is 5.01. The van der Waals surface area contributed by atoms with Gasteiger partial charge >= 0.3 is 0 Å². The van der Waals surface area contributed by atoms with Gasteiger partial charge in [-0.15, -0.1) is 11.3 Å². The van der Waals surface area contributed by atoms with Gasteiger partial charge in [-0.3, -0.25) is 0 Å². The summed E-state index contributed by atoms with van der Waals surface area (Å²) in [4.78, 5) is 2.73. The maximum Gasteiger partial charge on any atom is 0.199 e. The molecule has 3 aromatic rings. The number of nitrogens with one attached hydrogen (secondary N) is 1. The second-order valence-corrected chi connectivity index (χ2v) is 6.59. The lowest BCUT2D eigenvalue weighted by Crippen LogP contribution is -2.11. The van der Waals surface area contributed by atoms with Gasteiger partial charge in [0, 0.05) is 33.8 Å². The Kier molecular flexibility index (Phi) is 3.83. The molecule has 1 N–H and O–H groups in total. The van der Waals surface area contributed by atoms with E-state index >= 15 is 0 Å². The van der Waals surface area contributed by atoms with Crippen molar-refractivity contribution in [3.63, 3.8) is 0 Å². The summed E-state index contributed by atoms with van der Waals surface area (Å²) in [6.45, 7) is 5.88. The molecule has 3 rings (SSSR count). The number of thiophene rings is 1. The third kappa shape index (κ3) is 2.62. The van der Waals surface area contributed by atoms with E-state index in [0.717, 1.165) is 23.1 Å². The van der Waals surface area contributed by atoms with Crippen LogP contribution >= 0.6 is 22.9 Å². The predicted molar refractivity (Wildman–Crippen MR) is 85.6 cm³/mol. The monoisotopic (exact) mass is 305 g/mol. The van der Waals surface area contributed by atoms with E-state index < -0.39 is 0 Å². The van der Waals surface area contributed by atoms with Crippen molar-refractivity contribution in [2.45, 2.75) is 26.9 Å². The number of para-hydroxylation sites is 1. The third-order valence-corrected chi connectivity index (χ3v) is 4.92. The van der Waals surface area contributed by atoms with E-state index in [1.807, 2.05) is 35.6 Å². The van der Waals surface area contributed by atoms with E-state index in [9.17, 15) is 0 Å². The molecular formula is C16H16ClNOS. The zero-order valence-corrected chi connectivity index (χ0v) is 13.1. The average Bonchev–Trinajstić information content (AvgIpc) is 2.91. The molecule has 1 aromatic carbocycles. The van der Waals surface area contributed by atoms with Gasteiger partial charge in [-0.25, -0.2) is 0 Å². The summed E-state index contributed by atoms with van der Waals surface area (Å²) in [5.41, 5.74) is 3.24. The highest BCUT2D eigenvalue weighted by molar-refractivity contribution is 7.12. The number of aryl methyl sites for hydroxylation is 2. The molecule has 4 heteroatoms. The van der Waals surface area contributed by atoms with Crippen LogP contribution < -0.4 is 5.32 Å². The standard InChI is InChI=1S/C16H16ClNOS/c1-10-7-12(20-11(10)2)8-18-9-14-13-5-3-4-6-15(13)19-16(14)17/h3-7,18H,8-9H2,1-2H3. The van der Waals surface area contributed by atoms with Gasteiger partial charge in [-0.2, -0.15) is 0 Å². The van der Waals surface area contributed by atoms with Gasteiger partial charge in [-0.1, -0.05) is 18.2 Å². The number of hydrogen-bond donors (Lipinski definition) is 1. The van der Waals surface area contributed by atoms with Crippen molar-refractivity contribution in [2.75, 3.05) is 0 Å². The largest absolute Gasteiger partial charge is 0.444 e. The molecule has 0 aliphatic rings. The maximum absolute atomic E-state index is 6.17. The Bertz CT molecular complexity index is 725. The van der Waals surface area contributed by atoms with Crippen LogP contribution in [0.1, 0.15) is 20.9 Å². The van der Waals surface area contributed by atoms with Crippen LogP contribution in [0.5, 0.6) is 0 Å². The summed E-state index contributed by atoms with van der Waals surface area (Å²) in [6.07, 6.45) is 0. The average molecular weight is 306 g/mol. The van der Waals surface area contributed by atoms with Crippen LogP contribution in [0.3, 0.4) is 0 Å². The highest BCUT2D eigenvalue weighted by Gasteiger charge is 2.11. The second kappa shape index (κ2) is 5.60. The van der Waals surface area contributed by atoms with E-state index in [2.05, 4.69) is 25.2 Å². The number of furan rings is 1. The van der Waals surface area contributed by atoms with Crippen LogP contribution in [0.2, 0.25) is 5.22 Å². The highest BCUT2D eigenvalue weighted by Crippen LogP contribution is 2.29. The van der Waals surface area contributed by atoms with E-state index in [1.165, 1.54) is 15.3 Å². The van der Waals surface area contributed by atoms with Crippen LogP contribution in [0, 0.1) is 13.8 Å². The lowest BCUT2D eigenvalue weighted by molar-refractivity contribution is 0.604. The van der Waals surface area contributed by atoms with Crippen molar-refractivity contribution in [1.82, 2.24) is 5.32 Å². The molecule has 2 heterocycles. The molecule has 0 bridgehead atoms. The zero-order chi connectivity index (χ0) is 14.1. The first-order valence-corrected chi connectivity index (χ1v) is 7.77. The molecule has 2 aromatic heterocycles. The minimum atomic E-state index is 0.484. The van der Waals surface area contributed by atoms with Gasteiger partial charge in [0.25, 0.3) is 0 Å². The molecule has 0 radical (unpaired) electrons. The number of fused-ring (bicyclic) bond motifs is 1. The second-order valence-electron chi connectivity index (χ2n) is 4.91. The van der Waals surface area contributed by atoms with Crippen LogP contribution in [0.15, 0.2) is 34.7 Å². The highest BCUT2D eigenvalue weighted by atomic mass is 35.5. The summed E-state index contributed by atoms with van der Waals surface area (Å²) >= 11 is 8.02. The third-order valence-electron chi connectivity index (χ3n) is 3.47. The van der Waals surface area contributed by atoms with Crippen molar-refractivity contribution in [2.24, 2.45) is 0 Å². The zero-order valence-electron chi connectivity index (χ0n) is 11.5. The predicted octanol–water partition coefficient (Wildman–Crippen LogP) is 5.05. The molecule has 0 unspecified atom stereocenters. The Hall–Kier alpha value is -1.29. The first kappa shape index (κ1) is 13.7. The Morgan fingerprint density at radius 1 is 1.20 bits per heavy atom. The summed E-state index contributed by atoms with van der Waals surface area (Å²) < 4.78 is 5.55. The number of halogens is 1. The topological polar surface area (TPSA) is 25.2 Å². The molecule has 104 valence electrons. The van der Waals surface area contributed by atoms with Gasteiger partial charge in [0.05, 0.1) is 0 Å².